The minimum atomic E-state index is -0.607. The van der Waals surface area contributed by atoms with Gasteiger partial charge in [0.05, 0.1) is 0 Å². The second-order valence-corrected chi connectivity index (χ2v) is 7.41. The van der Waals surface area contributed by atoms with Crippen LogP contribution in [-0.2, 0) is 9.59 Å². The van der Waals surface area contributed by atoms with E-state index >= 15 is 0 Å². The number of nitrogens with one attached hydrogen (secondary N) is 1. The number of hydrogen-bond acceptors (Lipinski definition) is 5. The summed E-state index contributed by atoms with van der Waals surface area (Å²) >= 11 is 0. The topological polar surface area (TPSA) is 84.4 Å². The molecule has 7 nitrogen and oxygen atoms in total. The fourth-order valence-electron chi connectivity index (χ4n) is 3.40. The molecule has 28 heavy (non-hydrogen) atoms. The molecule has 1 aliphatic rings. The monoisotopic (exact) mass is 382 g/mol. The number of carbonyl (C=O) groups is 2. The van der Waals surface area contributed by atoms with Gasteiger partial charge >= 0.3 is 17.8 Å². The van der Waals surface area contributed by atoms with Gasteiger partial charge in [0.15, 0.2) is 0 Å². The number of ether oxygens (including phenoxy) is 1. The highest BCUT2D eigenvalue weighted by Gasteiger charge is 2.29. The summed E-state index contributed by atoms with van der Waals surface area (Å²) in [5, 5.41) is 2.74. The Labute approximate surface area is 165 Å². The zero-order valence-corrected chi connectivity index (χ0v) is 16.5. The number of anilines is 1. The minimum absolute atomic E-state index is 0.0749. The first-order valence-electron chi connectivity index (χ1n) is 9.61. The van der Waals surface area contributed by atoms with Crippen LogP contribution < -0.4 is 10.1 Å². The van der Waals surface area contributed by atoms with E-state index < -0.39 is 11.8 Å². The largest absolute Gasteiger partial charge is 0.424 e. The summed E-state index contributed by atoms with van der Waals surface area (Å²) in [5.41, 5.74) is 1.36. The Bertz CT molecular complexity index is 841. The predicted molar refractivity (Wildman–Crippen MR) is 106 cm³/mol. The number of amides is 2. The minimum Gasteiger partial charge on any atom is -0.424 e. The maximum atomic E-state index is 12.7. The number of nitrogens with zero attached hydrogens (tertiary/aromatic N) is 3. The molecule has 0 radical (unpaired) electrons. The normalized spacial score (nSPS) is 19.6. The van der Waals surface area contributed by atoms with Crippen molar-refractivity contribution in [2.24, 2.45) is 5.92 Å². The highest BCUT2D eigenvalue weighted by Crippen LogP contribution is 2.25. The lowest BCUT2D eigenvalue weighted by molar-refractivity contribution is -0.144. The third-order valence-electron chi connectivity index (χ3n) is 5.01. The van der Waals surface area contributed by atoms with Gasteiger partial charge < -0.3 is 15.0 Å². The van der Waals surface area contributed by atoms with Crippen LogP contribution in [0, 0.1) is 12.8 Å². The zero-order chi connectivity index (χ0) is 20.1. The fraction of sp³-hybridized carbons (Fsp3) is 0.429. The van der Waals surface area contributed by atoms with Crippen LogP contribution in [0.1, 0.15) is 38.7 Å². The Morgan fingerprint density at radius 1 is 1.18 bits per heavy atom. The molecule has 3 rings (SSSR count). The number of aromatic nitrogens is 2. The molecule has 1 N–H and O–H groups in total. The summed E-state index contributed by atoms with van der Waals surface area (Å²) in [5.74, 6) is -0.120. The van der Waals surface area contributed by atoms with Crippen molar-refractivity contribution in [3.8, 4) is 11.8 Å². The molecule has 0 saturated carbocycles. The van der Waals surface area contributed by atoms with Crippen molar-refractivity contribution >= 4 is 17.5 Å². The fourth-order valence-corrected chi connectivity index (χ4v) is 3.40. The Kier molecular flexibility index (Phi) is 6.23. The average Bonchev–Trinajstić information content (AvgIpc) is 2.84. The second-order valence-electron chi connectivity index (χ2n) is 7.41. The molecular formula is C21H26N4O3. The Morgan fingerprint density at radius 3 is 2.64 bits per heavy atom. The molecule has 2 heterocycles. The quantitative estimate of drug-likeness (QED) is 0.821. The molecule has 2 atom stereocenters. The van der Waals surface area contributed by atoms with E-state index in [1.807, 2.05) is 13.8 Å². The van der Waals surface area contributed by atoms with Gasteiger partial charge in [0.1, 0.15) is 5.75 Å². The second kappa shape index (κ2) is 8.82. The van der Waals surface area contributed by atoms with E-state index in [2.05, 4.69) is 22.2 Å². The Hall–Kier alpha value is -2.96. The van der Waals surface area contributed by atoms with Crippen LogP contribution in [0.3, 0.4) is 0 Å². The van der Waals surface area contributed by atoms with Crippen LogP contribution in [0.25, 0.3) is 0 Å². The number of aryl methyl sites for hydroxylation is 1. The van der Waals surface area contributed by atoms with Crippen LogP contribution in [0.4, 0.5) is 5.69 Å². The first-order valence-corrected chi connectivity index (χ1v) is 9.61. The van der Waals surface area contributed by atoms with E-state index in [0.29, 0.717) is 23.9 Å². The Balaban J connectivity index is 1.67. The smallest absolute Gasteiger partial charge is 0.321 e. The van der Waals surface area contributed by atoms with Crippen LogP contribution in [0.15, 0.2) is 36.7 Å². The van der Waals surface area contributed by atoms with E-state index in [0.717, 1.165) is 24.8 Å². The lowest BCUT2D eigenvalue weighted by atomic mass is 10.1. The summed E-state index contributed by atoms with van der Waals surface area (Å²) < 4.78 is 5.59. The summed E-state index contributed by atoms with van der Waals surface area (Å²) in [4.78, 5) is 35.0. The molecule has 1 aromatic heterocycles. The standard InChI is InChI=1S/C21H26N4O3/c1-14-6-4-7-16(3)25(13-14)20(27)19(26)24-18-9-8-17(12-15(18)2)28-21-22-10-5-11-23-21/h5,8-12,14,16H,4,6-7,13H2,1-3H3,(H,24,26)/t14-,16+/m1/s1. The molecular weight excluding hydrogens is 356 g/mol. The molecule has 0 bridgehead atoms. The first-order chi connectivity index (χ1) is 13.4. The van der Waals surface area contributed by atoms with Gasteiger partial charge in [-0.05, 0) is 62.4 Å². The number of benzene rings is 1. The maximum absolute atomic E-state index is 12.7. The highest BCUT2D eigenvalue weighted by molar-refractivity contribution is 6.39. The summed E-state index contributed by atoms with van der Waals surface area (Å²) in [6, 6.07) is 7.23. The van der Waals surface area contributed by atoms with Gasteiger partial charge in [0.2, 0.25) is 0 Å². The van der Waals surface area contributed by atoms with Gasteiger partial charge in [-0.1, -0.05) is 13.3 Å². The lowest BCUT2D eigenvalue weighted by Gasteiger charge is -2.28. The molecule has 1 fully saturated rings. The number of rotatable bonds is 3. The SMILES string of the molecule is Cc1cc(Oc2ncccn2)ccc1NC(=O)C(=O)N1C[C@H](C)CCC[C@@H]1C. The highest BCUT2D eigenvalue weighted by atomic mass is 16.5. The van der Waals surface area contributed by atoms with Gasteiger partial charge in [-0.15, -0.1) is 0 Å². The first kappa shape index (κ1) is 19.8. The van der Waals surface area contributed by atoms with Crippen molar-refractivity contribution < 1.29 is 14.3 Å². The van der Waals surface area contributed by atoms with E-state index in [9.17, 15) is 9.59 Å². The van der Waals surface area contributed by atoms with Gasteiger partial charge in [-0.25, -0.2) is 9.97 Å². The average molecular weight is 382 g/mol. The van der Waals surface area contributed by atoms with Crippen LogP contribution in [-0.4, -0.2) is 39.3 Å². The van der Waals surface area contributed by atoms with Gasteiger partial charge in [-0.3, -0.25) is 9.59 Å². The molecule has 0 unspecified atom stereocenters. The van der Waals surface area contributed by atoms with Crippen molar-refractivity contribution in [2.75, 3.05) is 11.9 Å². The van der Waals surface area contributed by atoms with Crippen molar-refractivity contribution in [1.29, 1.82) is 0 Å². The predicted octanol–water partition coefficient (Wildman–Crippen LogP) is 3.55. The van der Waals surface area contributed by atoms with Gasteiger partial charge in [0.25, 0.3) is 0 Å². The van der Waals surface area contributed by atoms with E-state index in [1.54, 1.807) is 41.6 Å². The molecule has 0 aliphatic carbocycles. The van der Waals surface area contributed by atoms with Crippen molar-refractivity contribution in [3.05, 3.63) is 42.2 Å². The molecule has 7 heteroatoms. The van der Waals surface area contributed by atoms with Crippen molar-refractivity contribution in [3.63, 3.8) is 0 Å². The molecule has 1 aromatic carbocycles. The summed E-state index contributed by atoms with van der Waals surface area (Å²) in [6.45, 7) is 6.59. The Morgan fingerprint density at radius 2 is 1.93 bits per heavy atom. The van der Waals surface area contributed by atoms with Crippen LogP contribution in [0.2, 0.25) is 0 Å². The number of likely N-dealkylation sites (tertiary alicyclic amines) is 1. The summed E-state index contributed by atoms with van der Waals surface area (Å²) in [7, 11) is 0. The van der Waals surface area contributed by atoms with Crippen molar-refractivity contribution in [1.82, 2.24) is 14.9 Å². The van der Waals surface area contributed by atoms with E-state index in [-0.39, 0.29) is 12.1 Å². The third-order valence-corrected chi connectivity index (χ3v) is 5.01. The molecule has 2 aromatic rings. The molecule has 2 amide bonds. The van der Waals surface area contributed by atoms with E-state index in [1.165, 1.54) is 0 Å². The molecule has 0 spiro atoms. The molecule has 1 aliphatic heterocycles. The number of hydrogen-bond donors (Lipinski definition) is 1. The summed E-state index contributed by atoms with van der Waals surface area (Å²) in [6.07, 6.45) is 6.29. The van der Waals surface area contributed by atoms with Gasteiger partial charge in [0, 0.05) is 30.7 Å². The van der Waals surface area contributed by atoms with Crippen LogP contribution in [0.5, 0.6) is 11.8 Å². The van der Waals surface area contributed by atoms with Crippen molar-refractivity contribution in [2.45, 2.75) is 46.1 Å². The maximum Gasteiger partial charge on any atom is 0.321 e. The lowest BCUT2D eigenvalue weighted by Crippen LogP contribution is -2.45. The molecule has 1 saturated heterocycles. The van der Waals surface area contributed by atoms with Gasteiger partial charge in [-0.2, -0.15) is 0 Å². The number of carbonyl (C=O) groups excluding carboxylic acids is 2. The molecule has 148 valence electrons. The zero-order valence-electron chi connectivity index (χ0n) is 16.5. The third kappa shape index (κ3) is 4.85. The van der Waals surface area contributed by atoms with Crippen LogP contribution >= 0.6 is 0 Å². The van der Waals surface area contributed by atoms with E-state index in [4.69, 9.17) is 4.74 Å².